The van der Waals surface area contributed by atoms with E-state index in [2.05, 4.69) is 18.3 Å². The summed E-state index contributed by atoms with van der Waals surface area (Å²) in [6, 6.07) is 2.14. The van der Waals surface area contributed by atoms with Gasteiger partial charge in [0.05, 0.1) is 0 Å². The fourth-order valence-corrected chi connectivity index (χ4v) is 1.69. The van der Waals surface area contributed by atoms with Gasteiger partial charge in [-0.3, -0.25) is 0 Å². The Hall–Kier alpha value is -1.02. The predicted octanol–water partition coefficient (Wildman–Crippen LogP) is 2.08. The molecular formula is C12H19NO. The van der Waals surface area contributed by atoms with Gasteiger partial charge in [-0.1, -0.05) is 6.07 Å². The lowest BCUT2D eigenvalue weighted by Gasteiger charge is -2.13. The summed E-state index contributed by atoms with van der Waals surface area (Å²) < 4.78 is 0. The number of rotatable bonds is 3. The molecule has 0 heterocycles. The van der Waals surface area contributed by atoms with Crippen molar-refractivity contribution < 1.29 is 5.11 Å². The number of hydrogen-bond acceptors (Lipinski definition) is 2. The second-order valence-electron chi connectivity index (χ2n) is 3.82. The molecule has 0 aliphatic heterocycles. The van der Waals surface area contributed by atoms with E-state index < -0.39 is 0 Å². The van der Waals surface area contributed by atoms with Crippen LogP contribution in [-0.4, -0.2) is 18.7 Å². The zero-order valence-electron chi connectivity index (χ0n) is 9.44. The molecule has 0 aliphatic rings. The summed E-state index contributed by atoms with van der Waals surface area (Å²) in [7, 11) is 1.92. The average Bonchev–Trinajstić information content (AvgIpc) is 2.14. The van der Waals surface area contributed by atoms with Crippen molar-refractivity contribution >= 4 is 0 Å². The number of benzene rings is 1. The number of nitrogens with one attached hydrogen (secondary N) is 1. The first-order valence-electron chi connectivity index (χ1n) is 5.01. The lowest BCUT2D eigenvalue weighted by Crippen LogP contribution is -2.11. The highest BCUT2D eigenvalue weighted by atomic mass is 16.3. The molecule has 0 unspecified atom stereocenters. The molecule has 0 aliphatic carbocycles. The molecular weight excluding hydrogens is 174 g/mol. The van der Waals surface area contributed by atoms with Crippen molar-refractivity contribution in [2.75, 3.05) is 13.6 Å². The van der Waals surface area contributed by atoms with E-state index in [1.807, 2.05) is 20.9 Å². The van der Waals surface area contributed by atoms with Crippen molar-refractivity contribution in [1.29, 1.82) is 0 Å². The quantitative estimate of drug-likeness (QED) is 0.770. The van der Waals surface area contributed by atoms with Crippen LogP contribution in [0.2, 0.25) is 0 Å². The Morgan fingerprint density at radius 1 is 1.21 bits per heavy atom. The summed E-state index contributed by atoms with van der Waals surface area (Å²) in [5.41, 5.74) is 4.42. The molecule has 14 heavy (non-hydrogen) atoms. The van der Waals surface area contributed by atoms with E-state index in [1.165, 1.54) is 5.56 Å². The number of aryl methyl sites for hydroxylation is 2. The maximum absolute atomic E-state index is 9.96. The first-order chi connectivity index (χ1) is 6.57. The molecule has 2 heteroatoms. The topological polar surface area (TPSA) is 32.3 Å². The third-order valence-electron chi connectivity index (χ3n) is 2.77. The smallest absolute Gasteiger partial charge is 0.122 e. The minimum Gasteiger partial charge on any atom is -0.507 e. The van der Waals surface area contributed by atoms with Gasteiger partial charge in [0, 0.05) is 0 Å². The highest BCUT2D eigenvalue weighted by Gasteiger charge is 2.09. The summed E-state index contributed by atoms with van der Waals surface area (Å²) in [6.07, 6.45) is 0.884. The Balaban J connectivity index is 3.09. The van der Waals surface area contributed by atoms with E-state index in [9.17, 15) is 5.11 Å². The van der Waals surface area contributed by atoms with Gasteiger partial charge in [-0.2, -0.15) is 0 Å². The van der Waals surface area contributed by atoms with E-state index in [1.54, 1.807) is 0 Å². The Labute approximate surface area is 86.0 Å². The Bertz CT molecular complexity index is 332. The molecule has 0 bridgehead atoms. The van der Waals surface area contributed by atoms with Crippen LogP contribution in [0.3, 0.4) is 0 Å². The van der Waals surface area contributed by atoms with E-state index in [0.717, 1.165) is 29.7 Å². The first-order valence-corrected chi connectivity index (χ1v) is 5.01. The second-order valence-corrected chi connectivity index (χ2v) is 3.82. The molecule has 2 N–H and O–H groups in total. The van der Waals surface area contributed by atoms with E-state index in [-0.39, 0.29) is 0 Å². The Morgan fingerprint density at radius 3 is 2.43 bits per heavy atom. The molecule has 0 saturated carbocycles. The fourth-order valence-electron chi connectivity index (χ4n) is 1.69. The van der Waals surface area contributed by atoms with Gasteiger partial charge >= 0.3 is 0 Å². The zero-order valence-corrected chi connectivity index (χ0v) is 9.44. The average molecular weight is 193 g/mol. The molecule has 2 nitrogen and oxygen atoms in total. The molecule has 0 amide bonds. The van der Waals surface area contributed by atoms with Crippen LogP contribution in [0.1, 0.15) is 22.3 Å². The van der Waals surface area contributed by atoms with Crippen molar-refractivity contribution in [3.8, 4) is 5.75 Å². The Morgan fingerprint density at radius 2 is 1.86 bits per heavy atom. The number of phenols is 1. The van der Waals surface area contributed by atoms with Crippen molar-refractivity contribution in [1.82, 2.24) is 5.32 Å². The highest BCUT2D eigenvalue weighted by Crippen LogP contribution is 2.28. The number of phenolic OH excluding ortho intramolecular Hbond substituents is 1. The molecule has 78 valence electrons. The predicted molar refractivity (Wildman–Crippen MR) is 59.9 cm³/mol. The number of aromatic hydroxyl groups is 1. The van der Waals surface area contributed by atoms with Gasteiger partial charge in [0.1, 0.15) is 5.75 Å². The molecule has 0 spiro atoms. The van der Waals surface area contributed by atoms with Crippen molar-refractivity contribution in [3.05, 3.63) is 28.3 Å². The lowest BCUT2D eigenvalue weighted by molar-refractivity contribution is 0.462. The molecule has 0 radical (unpaired) electrons. The number of likely N-dealkylation sites (N-methyl/N-ethyl adjacent to an activating group) is 1. The van der Waals surface area contributed by atoms with Crippen molar-refractivity contribution in [3.63, 3.8) is 0 Å². The molecule has 0 aromatic heterocycles. The zero-order chi connectivity index (χ0) is 10.7. The molecule has 0 fully saturated rings. The van der Waals surface area contributed by atoms with Crippen molar-refractivity contribution in [2.24, 2.45) is 0 Å². The van der Waals surface area contributed by atoms with Gasteiger partial charge in [0.15, 0.2) is 0 Å². The molecule has 1 aromatic rings. The van der Waals surface area contributed by atoms with Gasteiger partial charge in [-0.15, -0.1) is 0 Å². The molecule has 0 atom stereocenters. The van der Waals surface area contributed by atoms with Gasteiger partial charge in [0.25, 0.3) is 0 Å². The monoisotopic (exact) mass is 193 g/mol. The fraction of sp³-hybridized carbons (Fsp3) is 0.500. The SMILES string of the molecule is CNCCc1c(C)cc(C)c(C)c1O. The van der Waals surface area contributed by atoms with Crippen LogP contribution < -0.4 is 5.32 Å². The minimum absolute atomic E-state index is 0.470. The maximum Gasteiger partial charge on any atom is 0.122 e. The van der Waals surface area contributed by atoms with Crippen LogP contribution in [0, 0.1) is 20.8 Å². The molecule has 0 saturated heterocycles. The van der Waals surface area contributed by atoms with Gasteiger partial charge in [0.2, 0.25) is 0 Å². The summed E-state index contributed by atoms with van der Waals surface area (Å²) in [6.45, 7) is 6.95. The summed E-state index contributed by atoms with van der Waals surface area (Å²) in [4.78, 5) is 0. The summed E-state index contributed by atoms with van der Waals surface area (Å²) >= 11 is 0. The summed E-state index contributed by atoms with van der Waals surface area (Å²) in [5.74, 6) is 0.470. The van der Waals surface area contributed by atoms with Crippen LogP contribution >= 0.6 is 0 Å². The van der Waals surface area contributed by atoms with E-state index >= 15 is 0 Å². The van der Waals surface area contributed by atoms with Crippen molar-refractivity contribution in [2.45, 2.75) is 27.2 Å². The van der Waals surface area contributed by atoms with E-state index in [0.29, 0.717) is 5.75 Å². The third kappa shape index (κ3) is 2.07. The van der Waals surface area contributed by atoms with Gasteiger partial charge in [-0.25, -0.2) is 0 Å². The van der Waals surface area contributed by atoms with E-state index in [4.69, 9.17) is 0 Å². The largest absolute Gasteiger partial charge is 0.507 e. The first kappa shape index (κ1) is 11.1. The lowest BCUT2D eigenvalue weighted by atomic mass is 9.97. The van der Waals surface area contributed by atoms with Crippen LogP contribution in [-0.2, 0) is 6.42 Å². The van der Waals surface area contributed by atoms with Crippen LogP contribution in [0.5, 0.6) is 5.75 Å². The second kappa shape index (κ2) is 4.47. The highest BCUT2D eigenvalue weighted by molar-refractivity contribution is 5.48. The third-order valence-corrected chi connectivity index (χ3v) is 2.77. The standard InChI is InChI=1S/C12H19NO/c1-8-7-9(2)11(5-6-13-4)12(14)10(8)3/h7,13-14H,5-6H2,1-4H3. The normalized spacial score (nSPS) is 10.6. The molecule has 1 aromatic carbocycles. The van der Waals surface area contributed by atoms with Gasteiger partial charge < -0.3 is 10.4 Å². The van der Waals surface area contributed by atoms with Crippen LogP contribution in [0.25, 0.3) is 0 Å². The van der Waals surface area contributed by atoms with Gasteiger partial charge in [-0.05, 0) is 63.0 Å². The summed E-state index contributed by atoms with van der Waals surface area (Å²) in [5, 5.41) is 13.1. The van der Waals surface area contributed by atoms with Crippen LogP contribution in [0.15, 0.2) is 6.07 Å². The minimum atomic E-state index is 0.470. The Kier molecular flexibility index (Phi) is 3.53. The number of hydrogen-bond donors (Lipinski definition) is 2. The van der Waals surface area contributed by atoms with Crippen LogP contribution in [0.4, 0.5) is 0 Å². The maximum atomic E-state index is 9.96. The molecule has 1 rings (SSSR count).